The molecule has 1 amide bonds. The molecule has 0 unspecified atom stereocenters. The Morgan fingerprint density at radius 3 is 2.27 bits per heavy atom. The Bertz CT molecular complexity index is 441. The van der Waals surface area contributed by atoms with E-state index in [1.54, 1.807) is 0 Å². The van der Waals surface area contributed by atoms with Gasteiger partial charge in [-0.2, -0.15) is 0 Å². The van der Waals surface area contributed by atoms with Crippen LogP contribution < -0.4 is 0 Å². The molecular weight excluding hydrogens is 274 g/mol. The van der Waals surface area contributed by atoms with E-state index >= 15 is 0 Å². The first-order valence-corrected chi connectivity index (χ1v) is 8.49. The summed E-state index contributed by atoms with van der Waals surface area (Å²) in [5, 5.41) is 0. The standard InChI is InChI=1S/C18H29N3O/c1-3-19-12-14-20(15-13-19)11-10-18(22)21(4-2)16-17-8-6-5-7-9-17/h5-9H,3-4,10-16H2,1-2H3. The van der Waals surface area contributed by atoms with Crippen molar-refractivity contribution >= 4 is 5.91 Å². The van der Waals surface area contributed by atoms with E-state index in [1.807, 2.05) is 23.1 Å². The van der Waals surface area contributed by atoms with Gasteiger partial charge in [-0.3, -0.25) is 4.79 Å². The minimum atomic E-state index is 0.268. The number of hydrogen-bond acceptors (Lipinski definition) is 3. The van der Waals surface area contributed by atoms with Gasteiger partial charge in [0, 0.05) is 52.2 Å². The van der Waals surface area contributed by atoms with Gasteiger partial charge in [-0.05, 0) is 19.0 Å². The van der Waals surface area contributed by atoms with Crippen LogP contribution in [0.15, 0.2) is 30.3 Å². The number of carbonyl (C=O) groups is 1. The highest BCUT2D eigenvalue weighted by Crippen LogP contribution is 2.07. The van der Waals surface area contributed by atoms with Crippen LogP contribution in [-0.2, 0) is 11.3 Å². The molecule has 0 bridgehead atoms. The second-order valence-corrected chi connectivity index (χ2v) is 5.92. The zero-order valence-electron chi connectivity index (χ0n) is 14.0. The summed E-state index contributed by atoms with van der Waals surface area (Å²) in [6.07, 6.45) is 0.632. The maximum Gasteiger partial charge on any atom is 0.224 e. The van der Waals surface area contributed by atoms with Crippen molar-refractivity contribution in [2.45, 2.75) is 26.8 Å². The lowest BCUT2D eigenvalue weighted by Gasteiger charge is -2.34. The summed E-state index contributed by atoms with van der Waals surface area (Å²) in [4.78, 5) is 19.3. The van der Waals surface area contributed by atoms with Gasteiger partial charge in [-0.15, -0.1) is 0 Å². The predicted octanol–water partition coefficient (Wildman–Crippen LogP) is 2.06. The lowest BCUT2D eigenvalue weighted by molar-refractivity contribution is -0.132. The summed E-state index contributed by atoms with van der Waals surface area (Å²) in [5.41, 5.74) is 1.20. The SMILES string of the molecule is CCN1CCN(CCC(=O)N(CC)Cc2ccccc2)CC1. The van der Waals surface area contributed by atoms with Crippen molar-refractivity contribution in [1.29, 1.82) is 0 Å². The Balaban J connectivity index is 1.75. The molecule has 0 aliphatic carbocycles. The van der Waals surface area contributed by atoms with Crippen molar-refractivity contribution in [3.63, 3.8) is 0 Å². The van der Waals surface area contributed by atoms with Gasteiger partial charge in [0.25, 0.3) is 0 Å². The van der Waals surface area contributed by atoms with Crippen molar-refractivity contribution in [2.24, 2.45) is 0 Å². The monoisotopic (exact) mass is 303 g/mol. The molecule has 1 aromatic carbocycles. The maximum absolute atomic E-state index is 12.4. The fraction of sp³-hybridized carbons (Fsp3) is 0.611. The van der Waals surface area contributed by atoms with Crippen molar-refractivity contribution in [3.8, 4) is 0 Å². The normalized spacial score (nSPS) is 16.6. The van der Waals surface area contributed by atoms with Crippen LogP contribution >= 0.6 is 0 Å². The first-order chi connectivity index (χ1) is 10.7. The van der Waals surface area contributed by atoms with E-state index < -0.39 is 0 Å². The highest BCUT2D eigenvalue weighted by molar-refractivity contribution is 5.76. The first kappa shape index (κ1) is 17.0. The third-order valence-corrected chi connectivity index (χ3v) is 4.50. The number of likely N-dealkylation sites (N-methyl/N-ethyl adjacent to an activating group) is 1. The highest BCUT2D eigenvalue weighted by atomic mass is 16.2. The molecule has 0 saturated carbocycles. The molecule has 22 heavy (non-hydrogen) atoms. The van der Waals surface area contributed by atoms with Gasteiger partial charge in [-0.25, -0.2) is 0 Å². The lowest BCUT2D eigenvalue weighted by atomic mass is 10.2. The number of piperazine rings is 1. The summed E-state index contributed by atoms with van der Waals surface area (Å²) in [5.74, 6) is 0.268. The lowest BCUT2D eigenvalue weighted by Crippen LogP contribution is -2.47. The molecule has 1 fully saturated rings. The highest BCUT2D eigenvalue weighted by Gasteiger charge is 2.18. The quantitative estimate of drug-likeness (QED) is 0.771. The summed E-state index contributed by atoms with van der Waals surface area (Å²) < 4.78 is 0. The van der Waals surface area contributed by atoms with Gasteiger partial charge in [-0.1, -0.05) is 37.3 Å². The van der Waals surface area contributed by atoms with Crippen LogP contribution in [0.1, 0.15) is 25.8 Å². The van der Waals surface area contributed by atoms with Crippen molar-refractivity contribution in [1.82, 2.24) is 14.7 Å². The molecule has 0 spiro atoms. The van der Waals surface area contributed by atoms with Gasteiger partial charge in [0.15, 0.2) is 0 Å². The van der Waals surface area contributed by atoms with Crippen LogP contribution in [0.2, 0.25) is 0 Å². The van der Waals surface area contributed by atoms with Crippen LogP contribution in [0.3, 0.4) is 0 Å². The van der Waals surface area contributed by atoms with E-state index in [0.717, 1.165) is 52.4 Å². The average Bonchev–Trinajstić information content (AvgIpc) is 2.59. The smallest absolute Gasteiger partial charge is 0.224 e. The molecule has 2 rings (SSSR count). The molecule has 1 saturated heterocycles. The topological polar surface area (TPSA) is 26.8 Å². The van der Waals surface area contributed by atoms with E-state index in [9.17, 15) is 4.79 Å². The second kappa shape index (κ2) is 8.91. The fourth-order valence-corrected chi connectivity index (χ4v) is 2.92. The number of hydrogen-bond donors (Lipinski definition) is 0. The Labute approximate surface area is 134 Å². The molecular formula is C18H29N3O. The van der Waals surface area contributed by atoms with Gasteiger partial charge in [0.2, 0.25) is 5.91 Å². The molecule has 0 aromatic heterocycles. The zero-order valence-corrected chi connectivity index (χ0v) is 14.0. The van der Waals surface area contributed by atoms with E-state index in [4.69, 9.17) is 0 Å². The minimum absolute atomic E-state index is 0.268. The molecule has 1 heterocycles. The molecule has 0 N–H and O–H groups in total. The molecule has 1 aliphatic heterocycles. The van der Waals surface area contributed by atoms with Crippen LogP contribution in [-0.4, -0.2) is 66.4 Å². The van der Waals surface area contributed by atoms with E-state index in [1.165, 1.54) is 5.56 Å². The fourth-order valence-electron chi connectivity index (χ4n) is 2.92. The number of nitrogens with zero attached hydrogens (tertiary/aromatic N) is 3. The largest absolute Gasteiger partial charge is 0.339 e. The van der Waals surface area contributed by atoms with Gasteiger partial charge in [0.1, 0.15) is 0 Å². The second-order valence-electron chi connectivity index (χ2n) is 5.92. The Morgan fingerprint density at radius 1 is 1.05 bits per heavy atom. The predicted molar refractivity (Wildman–Crippen MR) is 90.7 cm³/mol. The van der Waals surface area contributed by atoms with Crippen molar-refractivity contribution in [3.05, 3.63) is 35.9 Å². The van der Waals surface area contributed by atoms with Gasteiger partial charge >= 0.3 is 0 Å². The molecule has 1 aromatic rings. The number of carbonyl (C=O) groups excluding carboxylic acids is 1. The Morgan fingerprint density at radius 2 is 1.68 bits per heavy atom. The molecule has 0 radical (unpaired) electrons. The number of benzene rings is 1. The number of rotatable bonds is 7. The molecule has 122 valence electrons. The first-order valence-electron chi connectivity index (χ1n) is 8.49. The summed E-state index contributed by atoms with van der Waals surface area (Å²) in [6.45, 7) is 12.2. The summed E-state index contributed by atoms with van der Waals surface area (Å²) in [7, 11) is 0. The van der Waals surface area contributed by atoms with Crippen LogP contribution in [0.4, 0.5) is 0 Å². The third kappa shape index (κ3) is 5.11. The summed E-state index contributed by atoms with van der Waals surface area (Å²) >= 11 is 0. The van der Waals surface area contributed by atoms with Crippen LogP contribution in [0, 0.1) is 0 Å². The average molecular weight is 303 g/mol. The van der Waals surface area contributed by atoms with Crippen LogP contribution in [0.25, 0.3) is 0 Å². The molecule has 4 nitrogen and oxygen atoms in total. The van der Waals surface area contributed by atoms with Crippen molar-refractivity contribution < 1.29 is 4.79 Å². The Kier molecular flexibility index (Phi) is 6.87. The number of amides is 1. The molecule has 4 heteroatoms. The van der Waals surface area contributed by atoms with E-state index in [2.05, 4.69) is 35.8 Å². The summed E-state index contributed by atoms with van der Waals surface area (Å²) in [6, 6.07) is 10.2. The van der Waals surface area contributed by atoms with E-state index in [-0.39, 0.29) is 5.91 Å². The van der Waals surface area contributed by atoms with Gasteiger partial charge in [0.05, 0.1) is 0 Å². The zero-order chi connectivity index (χ0) is 15.8. The van der Waals surface area contributed by atoms with Crippen molar-refractivity contribution in [2.75, 3.05) is 45.8 Å². The third-order valence-electron chi connectivity index (χ3n) is 4.50. The molecule has 1 aliphatic rings. The maximum atomic E-state index is 12.4. The van der Waals surface area contributed by atoms with Gasteiger partial charge < -0.3 is 14.7 Å². The molecule has 0 atom stereocenters. The van der Waals surface area contributed by atoms with Crippen LogP contribution in [0.5, 0.6) is 0 Å². The Hall–Kier alpha value is -1.39. The minimum Gasteiger partial charge on any atom is -0.339 e. The van der Waals surface area contributed by atoms with E-state index in [0.29, 0.717) is 6.42 Å².